The number of rotatable bonds is 10. The Bertz CT molecular complexity index is 1080. The maximum atomic E-state index is 13.0. The van der Waals surface area contributed by atoms with Crippen molar-refractivity contribution in [2.75, 3.05) is 13.2 Å². The standard InChI is InChI=1S/C28H34N2O5/c1-27(2,25(33)30-28(3,16-24(31)32)18-12-13-18)14-15-29-26(34)35-17-23-21-10-6-4-8-19(21)20-9-5-7-11-22(20)23/h4-11,18,23H,12-17H2,1-3H3,(H,29,34)(H,30,33)(H,31,32). The number of carbonyl (C=O) groups is 3. The van der Waals surface area contributed by atoms with Crippen molar-refractivity contribution in [3.05, 3.63) is 59.7 Å². The molecule has 7 heteroatoms. The minimum absolute atomic E-state index is 0.00953. The predicted molar refractivity (Wildman–Crippen MR) is 133 cm³/mol. The summed E-state index contributed by atoms with van der Waals surface area (Å²) in [6, 6.07) is 16.3. The summed E-state index contributed by atoms with van der Waals surface area (Å²) in [4.78, 5) is 36.7. The molecule has 1 saturated carbocycles. The van der Waals surface area contributed by atoms with Gasteiger partial charge in [0.15, 0.2) is 0 Å². The van der Waals surface area contributed by atoms with Crippen LogP contribution in [-0.4, -0.2) is 41.8 Å². The van der Waals surface area contributed by atoms with Crippen LogP contribution in [-0.2, 0) is 14.3 Å². The lowest BCUT2D eigenvalue weighted by molar-refractivity contribution is -0.140. The Kier molecular flexibility index (Phi) is 6.88. The van der Waals surface area contributed by atoms with Gasteiger partial charge in [0.1, 0.15) is 6.61 Å². The van der Waals surface area contributed by atoms with Crippen LogP contribution < -0.4 is 10.6 Å². The van der Waals surface area contributed by atoms with Crippen molar-refractivity contribution in [1.29, 1.82) is 0 Å². The SMILES string of the molecule is CC(C)(CCNC(=O)OCC1c2ccccc2-c2ccccc21)C(=O)NC(C)(CC(=O)O)C1CC1. The molecule has 2 aromatic rings. The molecule has 0 aromatic heterocycles. The van der Waals surface area contributed by atoms with E-state index in [4.69, 9.17) is 4.74 Å². The van der Waals surface area contributed by atoms with Crippen molar-refractivity contribution < 1.29 is 24.2 Å². The molecule has 1 unspecified atom stereocenters. The number of carboxylic acid groups (broad SMARTS) is 1. The molecule has 2 aliphatic carbocycles. The Balaban J connectivity index is 1.28. The minimum Gasteiger partial charge on any atom is -0.481 e. The summed E-state index contributed by atoms with van der Waals surface area (Å²) in [5.41, 5.74) is 3.13. The Hall–Kier alpha value is -3.35. The third-order valence-electron chi connectivity index (χ3n) is 7.37. The first kappa shape index (κ1) is 24.8. The van der Waals surface area contributed by atoms with Gasteiger partial charge in [-0.1, -0.05) is 62.4 Å². The number of carbonyl (C=O) groups excluding carboxylic acids is 2. The first-order valence-corrected chi connectivity index (χ1v) is 12.2. The number of hydrogen-bond donors (Lipinski definition) is 3. The van der Waals surface area contributed by atoms with Crippen molar-refractivity contribution in [1.82, 2.24) is 10.6 Å². The number of aliphatic carboxylic acids is 1. The van der Waals surface area contributed by atoms with Gasteiger partial charge < -0.3 is 20.5 Å². The van der Waals surface area contributed by atoms with Gasteiger partial charge >= 0.3 is 12.1 Å². The highest BCUT2D eigenvalue weighted by molar-refractivity contribution is 5.83. The summed E-state index contributed by atoms with van der Waals surface area (Å²) in [6.45, 7) is 5.92. The normalized spacial score (nSPS) is 16.5. The second-order valence-electron chi connectivity index (χ2n) is 10.6. The number of alkyl carbamates (subject to hydrolysis) is 1. The molecule has 2 amide bonds. The number of benzene rings is 2. The summed E-state index contributed by atoms with van der Waals surface area (Å²) in [5, 5.41) is 15.0. The van der Waals surface area contributed by atoms with E-state index in [0.717, 1.165) is 24.0 Å². The molecule has 2 aliphatic rings. The van der Waals surface area contributed by atoms with E-state index in [1.54, 1.807) is 13.8 Å². The monoisotopic (exact) mass is 478 g/mol. The molecule has 0 heterocycles. The zero-order valence-corrected chi connectivity index (χ0v) is 20.6. The van der Waals surface area contributed by atoms with Crippen LogP contribution in [0.3, 0.4) is 0 Å². The van der Waals surface area contributed by atoms with E-state index in [-0.39, 0.29) is 37.3 Å². The average molecular weight is 479 g/mol. The Morgan fingerprint density at radius 3 is 2.09 bits per heavy atom. The first-order chi connectivity index (χ1) is 16.6. The smallest absolute Gasteiger partial charge is 0.407 e. The van der Waals surface area contributed by atoms with Gasteiger partial charge in [-0.25, -0.2) is 4.79 Å². The van der Waals surface area contributed by atoms with Crippen molar-refractivity contribution in [2.24, 2.45) is 11.3 Å². The van der Waals surface area contributed by atoms with Crippen LogP contribution in [0.5, 0.6) is 0 Å². The third-order valence-corrected chi connectivity index (χ3v) is 7.37. The zero-order valence-electron chi connectivity index (χ0n) is 20.6. The molecule has 4 rings (SSSR count). The molecule has 3 N–H and O–H groups in total. The predicted octanol–water partition coefficient (Wildman–Crippen LogP) is 4.70. The van der Waals surface area contributed by atoms with E-state index in [1.165, 1.54) is 11.1 Å². The fraction of sp³-hybridized carbons (Fsp3) is 0.464. The summed E-state index contributed by atoms with van der Waals surface area (Å²) >= 11 is 0. The zero-order chi connectivity index (χ0) is 25.2. The van der Waals surface area contributed by atoms with Gasteiger partial charge in [0.25, 0.3) is 0 Å². The molecular weight excluding hydrogens is 444 g/mol. The summed E-state index contributed by atoms with van der Waals surface area (Å²) in [5.74, 6) is -0.945. The fourth-order valence-corrected chi connectivity index (χ4v) is 4.99. The third kappa shape index (κ3) is 5.50. The molecule has 0 bridgehead atoms. The second-order valence-corrected chi connectivity index (χ2v) is 10.6. The van der Waals surface area contributed by atoms with Gasteiger partial charge in [0.05, 0.1) is 12.0 Å². The van der Waals surface area contributed by atoms with E-state index < -0.39 is 23.0 Å². The van der Waals surface area contributed by atoms with Gasteiger partial charge in [-0.3, -0.25) is 9.59 Å². The lowest BCUT2D eigenvalue weighted by Crippen LogP contribution is -2.53. The van der Waals surface area contributed by atoms with Crippen LogP contribution in [0.1, 0.15) is 63.5 Å². The van der Waals surface area contributed by atoms with Crippen molar-refractivity contribution >= 4 is 18.0 Å². The number of hydrogen-bond acceptors (Lipinski definition) is 4. The van der Waals surface area contributed by atoms with E-state index in [9.17, 15) is 19.5 Å². The number of fused-ring (bicyclic) bond motifs is 3. The molecule has 1 fully saturated rings. The summed E-state index contributed by atoms with van der Waals surface area (Å²) in [7, 11) is 0. The largest absolute Gasteiger partial charge is 0.481 e. The van der Waals surface area contributed by atoms with E-state index in [1.807, 2.05) is 31.2 Å². The molecule has 0 spiro atoms. The van der Waals surface area contributed by atoms with Crippen molar-refractivity contribution in [2.45, 2.75) is 57.9 Å². The first-order valence-electron chi connectivity index (χ1n) is 12.2. The van der Waals surface area contributed by atoms with Crippen molar-refractivity contribution in [3.63, 3.8) is 0 Å². The lowest BCUT2D eigenvalue weighted by atomic mass is 9.84. The fourth-order valence-electron chi connectivity index (χ4n) is 4.99. The maximum Gasteiger partial charge on any atom is 0.407 e. The number of amides is 2. The van der Waals surface area contributed by atoms with Crippen LogP contribution in [0.4, 0.5) is 4.79 Å². The quantitative estimate of drug-likeness (QED) is 0.459. The summed E-state index contributed by atoms with van der Waals surface area (Å²) in [6.07, 6.45) is 1.63. The average Bonchev–Trinajstić information content (AvgIpc) is 3.61. The van der Waals surface area contributed by atoms with Crippen LogP contribution in [0, 0.1) is 11.3 Å². The van der Waals surface area contributed by atoms with Gasteiger partial charge in [-0.05, 0) is 54.4 Å². The lowest BCUT2D eigenvalue weighted by Gasteiger charge is -2.34. The Morgan fingerprint density at radius 2 is 1.54 bits per heavy atom. The number of nitrogens with one attached hydrogen (secondary N) is 2. The van der Waals surface area contributed by atoms with Crippen LogP contribution in [0.2, 0.25) is 0 Å². The van der Waals surface area contributed by atoms with E-state index in [0.29, 0.717) is 6.42 Å². The number of carboxylic acids is 1. The van der Waals surface area contributed by atoms with Crippen molar-refractivity contribution in [3.8, 4) is 11.1 Å². The molecular formula is C28H34N2O5. The molecule has 0 radical (unpaired) electrons. The van der Waals surface area contributed by atoms with Gasteiger partial charge in [-0.2, -0.15) is 0 Å². The maximum absolute atomic E-state index is 13.0. The molecule has 186 valence electrons. The molecule has 2 aromatic carbocycles. The van der Waals surface area contributed by atoms with Crippen LogP contribution >= 0.6 is 0 Å². The molecule has 7 nitrogen and oxygen atoms in total. The molecule has 0 saturated heterocycles. The van der Waals surface area contributed by atoms with E-state index >= 15 is 0 Å². The molecule has 35 heavy (non-hydrogen) atoms. The number of ether oxygens (including phenoxy) is 1. The highest BCUT2D eigenvalue weighted by atomic mass is 16.5. The summed E-state index contributed by atoms with van der Waals surface area (Å²) < 4.78 is 5.56. The van der Waals surface area contributed by atoms with Crippen LogP contribution in [0.15, 0.2) is 48.5 Å². The second kappa shape index (κ2) is 9.72. The topological polar surface area (TPSA) is 105 Å². The Morgan fingerprint density at radius 1 is 0.971 bits per heavy atom. The van der Waals surface area contributed by atoms with E-state index in [2.05, 4.69) is 34.9 Å². The van der Waals surface area contributed by atoms with Crippen LogP contribution in [0.25, 0.3) is 11.1 Å². The molecule has 0 aliphatic heterocycles. The highest BCUT2D eigenvalue weighted by Gasteiger charge is 2.45. The van der Waals surface area contributed by atoms with Gasteiger partial charge in [0, 0.05) is 17.9 Å². The minimum atomic E-state index is -0.922. The Labute approximate surface area is 206 Å². The van der Waals surface area contributed by atoms with Gasteiger partial charge in [-0.15, -0.1) is 0 Å². The highest BCUT2D eigenvalue weighted by Crippen LogP contribution is 2.44. The molecule has 1 atom stereocenters. The van der Waals surface area contributed by atoms with Gasteiger partial charge in [0.2, 0.25) is 5.91 Å².